The maximum atomic E-state index is 11.1. The molecular formula is C13H12N2O. The normalized spacial score (nSPS) is 19.5. The standard InChI is InChI=1S/C13H12N2O/c16-13-14-8-12(15-13)11-6-5-9-3-1-2-4-10(9)7-11/h1-7,12H,8H2,(H2,14,15,16)/t12-/m1/s1. The van der Waals surface area contributed by atoms with Gasteiger partial charge in [-0.2, -0.15) is 0 Å². The van der Waals surface area contributed by atoms with Gasteiger partial charge in [0.2, 0.25) is 0 Å². The fraction of sp³-hybridized carbons (Fsp3) is 0.154. The first-order chi connectivity index (χ1) is 7.83. The predicted octanol–water partition coefficient (Wildman–Crippen LogP) is 2.19. The number of carbonyl (C=O) groups excluding carboxylic acids is 1. The van der Waals surface area contributed by atoms with Crippen molar-refractivity contribution in [2.75, 3.05) is 6.54 Å². The molecule has 3 rings (SSSR count). The highest BCUT2D eigenvalue weighted by Gasteiger charge is 2.21. The van der Waals surface area contributed by atoms with Gasteiger partial charge in [0.05, 0.1) is 6.04 Å². The zero-order valence-corrected chi connectivity index (χ0v) is 8.73. The van der Waals surface area contributed by atoms with Crippen molar-refractivity contribution in [3.63, 3.8) is 0 Å². The van der Waals surface area contributed by atoms with Crippen molar-refractivity contribution in [3.8, 4) is 0 Å². The highest BCUT2D eigenvalue weighted by molar-refractivity contribution is 5.83. The molecule has 1 aliphatic rings. The molecule has 0 radical (unpaired) electrons. The van der Waals surface area contributed by atoms with Crippen LogP contribution in [0, 0.1) is 0 Å². The lowest BCUT2D eigenvalue weighted by Gasteiger charge is -2.09. The molecule has 0 saturated carbocycles. The molecule has 16 heavy (non-hydrogen) atoms. The van der Waals surface area contributed by atoms with Crippen LogP contribution in [0.4, 0.5) is 4.79 Å². The van der Waals surface area contributed by atoms with Crippen molar-refractivity contribution in [2.24, 2.45) is 0 Å². The number of rotatable bonds is 1. The molecular weight excluding hydrogens is 200 g/mol. The molecule has 1 fully saturated rings. The molecule has 2 aromatic rings. The Morgan fingerprint density at radius 2 is 1.88 bits per heavy atom. The number of carbonyl (C=O) groups is 1. The third-order valence-electron chi connectivity index (χ3n) is 2.95. The topological polar surface area (TPSA) is 41.1 Å². The van der Waals surface area contributed by atoms with Crippen molar-refractivity contribution < 1.29 is 4.79 Å². The number of nitrogens with one attached hydrogen (secondary N) is 2. The van der Waals surface area contributed by atoms with Crippen LogP contribution in [0.1, 0.15) is 11.6 Å². The van der Waals surface area contributed by atoms with Crippen LogP contribution in [0.5, 0.6) is 0 Å². The number of fused-ring (bicyclic) bond motifs is 1. The monoisotopic (exact) mass is 212 g/mol. The van der Waals surface area contributed by atoms with Crippen molar-refractivity contribution in [1.29, 1.82) is 0 Å². The number of hydrogen-bond acceptors (Lipinski definition) is 1. The number of benzene rings is 2. The lowest BCUT2D eigenvalue weighted by Crippen LogP contribution is -2.21. The molecule has 0 unspecified atom stereocenters. The summed E-state index contributed by atoms with van der Waals surface area (Å²) in [6, 6.07) is 14.5. The van der Waals surface area contributed by atoms with Crippen LogP contribution in [-0.4, -0.2) is 12.6 Å². The first kappa shape index (κ1) is 9.21. The largest absolute Gasteiger partial charge is 0.336 e. The fourth-order valence-electron chi connectivity index (χ4n) is 2.08. The quantitative estimate of drug-likeness (QED) is 0.747. The third-order valence-corrected chi connectivity index (χ3v) is 2.95. The van der Waals surface area contributed by atoms with Gasteiger partial charge in [0.1, 0.15) is 0 Å². The third kappa shape index (κ3) is 1.50. The van der Waals surface area contributed by atoms with Gasteiger partial charge in [0.15, 0.2) is 0 Å². The molecule has 1 atom stereocenters. The van der Waals surface area contributed by atoms with Crippen LogP contribution >= 0.6 is 0 Å². The summed E-state index contributed by atoms with van der Waals surface area (Å²) < 4.78 is 0. The Labute approximate surface area is 93.5 Å². The van der Waals surface area contributed by atoms with Crippen LogP contribution in [0.25, 0.3) is 10.8 Å². The average Bonchev–Trinajstić information content (AvgIpc) is 2.75. The van der Waals surface area contributed by atoms with Crippen molar-refractivity contribution in [1.82, 2.24) is 10.6 Å². The van der Waals surface area contributed by atoms with Crippen LogP contribution in [0.3, 0.4) is 0 Å². The molecule has 3 heteroatoms. The Balaban J connectivity index is 2.02. The van der Waals surface area contributed by atoms with Crippen LogP contribution in [-0.2, 0) is 0 Å². The van der Waals surface area contributed by atoms with E-state index in [4.69, 9.17) is 0 Å². The SMILES string of the molecule is O=C1NC[C@H](c2ccc3ccccc3c2)N1. The van der Waals surface area contributed by atoms with Gasteiger partial charge in [-0.25, -0.2) is 4.79 Å². The molecule has 0 aliphatic carbocycles. The minimum atomic E-state index is -0.0850. The maximum Gasteiger partial charge on any atom is 0.315 e. The Bertz CT molecular complexity index is 550. The second kappa shape index (κ2) is 3.52. The molecule has 1 saturated heterocycles. The summed E-state index contributed by atoms with van der Waals surface area (Å²) in [5.41, 5.74) is 1.15. The summed E-state index contributed by atoms with van der Waals surface area (Å²) >= 11 is 0. The van der Waals surface area contributed by atoms with E-state index in [-0.39, 0.29) is 12.1 Å². The fourth-order valence-corrected chi connectivity index (χ4v) is 2.08. The zero-order valence-electron chi connectivity index (χ0n) is 8.73. The van der Waals surface area contributed by atoms with Gasteiger partial charge in [0, 0.05) is 6.54 Å². The summed E-state index contributed by atoms with van der Waals surface area (Å²) in [7, 11) is 0. The molecule has 0 spiro atoms. The van der Waals surface area contributed by atoms with Gasteiger partial charge < -0.3 is 10.6 Å². The van der Waals surface area contributed by atoms with Gasteiger partial charge in [-0.1, -0.05) is 36.4 Å². The van der Waals surface area contributed by atoms with E-state index in [2.05, 4.69) is 41.0 Å². The first-order valence-electron chi connectivity index (χ1n) is 5.36. The van der Waals surface area contributed by atoms with Crippen molar-refractivity contribution >= 4 is 16.8 Å². The highest BCUT2D eigenvalue weighted by Crippen LogP contribution is 2.21. The summed E-state index contributed by atoms with van der Waals surface area (Å²) in [5.74, 6) is 0. The van der Waals surface area contributed by atoms with E-state index >= 15 is 0 Å². The van der Waals surface area contributed by atoms with Gasteiger partial charge in [0.25, 0.3) is 0 Å². The smallest absolute Gasteiger partial charge is 0.315 e. The molecule has 2 aromatic carbocycles. The van der Waals surface area contributed by atoms with Gasteiger partial charge >= 0.3 is 6.03 Å². The van der Waals surface area contributed by atoms with Crippen molar-refractivity contribution in [2.45, 2.75) is 6.04 Å². The Hall–Kier alpha value is -2.03. The Morgan fingerprint density at radius 3 is 2.62 bits per heavy atom. The molecule has 1 heterocycles. The Morgan fingerprint density at radius 1 is 1.06 bits per heavy atom. The van der Waals surface area contributed by atoms with E-state index < -0.39 is 0 Å². The average molecular weight is 212 g/mol. The summed E-state index contributed by atoms with van der Waals surface area (Å²) in [6.45, 7) is 0.664. The second-order valence-corrected chi connectivity index (χ2v) is 4.01. The lowest BCUT2D eigenvalue weighted by molar-refractivity contribution is 0.247. The molecule has 2 amide bonds. The first-order valence-corrected chi connectivity index (χ1v) is 5.36. The van der Waals surface area contributed by atoms with Crippen LogP contribution < -0.4 is 10.6 Å². The summed E-state index contributed by atoms with van der Waals surface area (Å²) in [6.07, 6.45) is 0. The van der Waals surface area contributed by atoms with E-state index in [0.29, 0.717) is 6.54 Å². The summed E-state index contributed by atoms with van der Waals surface area (Å²) in [4.78, 5) is 11.1. The number of hydrogen-bond donors (Lipinski definition) is 2. The van der Waals surface area contributed by atoms with Gasteiger partial charge in [-0.15, -0.1) is 0 Å². The van der Waals surface area contributed by atoms with E-state index in [1.165, 1.54) is 10.8 Å². The maximum absolute atomic E-state index is 11.1. The summed E-state index contributed by atoms with van der Waals surface area (Å²) in [5, 5.41) is 8.09. The number of amides is 2. The predicted molar refractivity (Wildman–Crippen MR) is 63.2 cm³/mol. The molecule has 1 aliphatic heterocycles. The van der Waals surface area contributed by atoms with Gasteiger partial charge in [-0.3, -0.25) is 0 Å². The molecule has 80 valence electrons. The molecule has 2 N–H and O–H groups in total. The van der Waals surface area contributed by atoms with E-state index in [0.717, 1.165) is 5.56 Å². The van der Waals surface area contributed by atoms with Crippen molar-refractivity contribution in [3.05, 3.63) is 48.0 Å². The second-order valence-electron chi connectivity index (χ2n) is 4.01. The zero-order chi connectivity index (χ0) is 11.0. The number of urea groups is 1. The highest BCUT2D eigenvalue weighted by atomic mass is 16.2. The lowest BCUT2D eigenvalue weighted by atomic mass is 10.0. The molecule has 0 aromatic heterocycles. The minimum absolute atomic E-state index is 0.0850. The van der Waals surface area contributed by atoms with E-state index in [1.807, 2.05) is 12.1 Å². The van der Waals surface area contributed by atoms with Crippen LogP contribution in [0.2, 0.25) is 0 Å². The van der Waals surface area contributed by atoms with E-state index in [9.17, 15) is 4.79 Å². The molecule has 0 bridgehead atoms. The van der Waals surface area contributed by atoms with Crippen LogP contribution in [0.15, 0.2) is 42.5 Å². The minimum Gasteiger partial charge on any atom is -0.336 e. The molecule has 3 nitrogen and oxygen atoms in total. The van der Waals surface area contributed by atoms with E-state index in [1.54, 1.807) is 0 Å². The Kier molecular flexibility index (Phi) is 2.03. The van der Waals surface area contributed by atoms with Gasteiger partial charge in [-0.05, 0) is 22.4 Å².